The van der Waals surface area contributed by atoms with E-state index in [1.165, 1.54) is 103 Å². The van der Waals surface area contributed by atoms with Crippen LogP contribution in [0.15, 0.2) is 24.3 Å². The number of esters is 1. The Morgan fingerprint density at radius 3 is 1.47 bits per heavy atom. The van der Waals surface area contributed by atoms with Crippen molar-refractivity contribution < 1.29 is 19.4 Å². The Hall–Kier alpha value is -1.58. The molecule has 0 rings (SSSR count). The van der Waals surface area contributed by atoms with Crippen LogP contribution in [-0.4, -0.2) is 23.1 Å². The van der Waals surface area contributed by atoms with E-state index in [0.717, 1.165) is 77.0 Å². The SMILES string of the molecule is CCCCC/C=C\C/C=C\CCCC(CCCCCCCC(=O)O)OC(=O)CCCCCCCCCCCCCCCC. The minimum Gasteiger partial charge on any atom is -0.481 e. The van der Waals surface area contributed by atoms with Gasteiger partial charge in [-0.1, -0.05) is 154 Å². The van der Waals surface area contributed by atoms with Gasteiger partial charge in [-0.25, -0.2) is 0 Å². The molecule has 0 aromatic rings. The minimum atomic E-state index is -0.706. The zero-order valence-electron chi connectivity index (χ0n) is 28.8. The lowest BCUT2D eigenvalue weighted by Gasteiger charge is -2.18. The summed E-state index contributed by atoms with van der Waals surface area (Å²) in [5.74, 6) is -0.725. The summed E-state index contributed by atoms with van der Waals surface area (Å²) in [5, 5.41) is 8.80. The molecule has 0 saturated heterocycles. The number of hydrogen-bond donors (Lipinski definition) is 1. The first-order valence-corrected chi connectivity index (χ1v) is 18.8. The van der Waals surface area contributed by atoms with Gasteiger partial charge in [-0.15, -0.1) is 0 Å². The first-order chi connectivity index (χ1) is 21.1. The van der Waals surface area contributed by atoms with E-state index in [-0.39, 0.29) is 18.5 Å². The molecular weight excluding hydrogens is 532 g/mol. The number of carboxylic acid groups (broad SMARTS) is 1. The largest absolute Gasteiger partial charge is 0.481 e. The van der Waals surface area contributed by atoms with E-state index in [2.05, 4.69) is 38.2 Å². The van der Waals surface area contributed by atoms with Gasteiger partial charge in [0.1, 0.15) is 6.10 Å². The molecule has 0 aromatic carbocycles. The monoisotopic (exact) mass is 605 g/mol. The van der Waals surface area contributed by atoms with Gasteiger partial charge in [0.2, 0.25) is 0 Å². The molecule has 0 amide bonds. The predicted octanol–water partition coefficient (Wildman–Crippen LogP) is 12.8. The van der Waals surface area contributed by atoms with E-state index in [4.69, 9.17) is 9.84 Å². The standard InChI is InChI=1S/C39H72O4/c1-3-5-7-9-11-13-15-16-17-19-21-23-28-32-36-39(42)43-37(34-30-26-24-27-31-35-38(40)41)33-29-25-22-20-18-14-12-10-8-6-4-2/h12,14,20,22,37H,3-11,13,15-19,21,23-36H2,1-2H3,(H,40,41)/b14-12-,22-20-. The van der Waals surface area contributed by atoms with Gasteiger partial charge in [0.15, 0.2) is 0 Å². The summed E-state index contributed by atoms with van der Waals surface area (Å²) in [6.07, 6.45) is 43.3. The number of rotatable bonds is 34. The molecule has 0 aliphatic rings. The highest BCUT2D eigenvalue weighted by atomic mass is 16.5. The summed E-state index contributed by atoms with van der Waals surface area (Å²) in [4.78, 5) is 23.3. The van der Waals surface area contributed by atoms with E-state index in [1.807, 2.05) is 0 Å². The third kappa shape index (κ3) is 34.8. The van der Waals surface area contributed by atoms with Gasteiger partial charge in [0.25, 0.3) is 0 Å². The van der Waals surface area contributed by atoms with Crippen molar-refractivity contribution in [2.75, 3.05) is 0 Å². The van der Waals surface area contributed by atoms with Gasteiger partial charge in [-0.05, 0) is 64.2 Å². The summed E-state index contributed by atoms with van der Waals surface area (Å²) in [6, 6.07) is 0. The van der Waals surface area contributed by atoms with E-state index < -0.39 is 5.97 Å². The maximum atomic E-state index is 12.6. The van der Waals surface area contributed by atoms with Crippen LogP contribution in [0.3, 0.4) is 0 Å². The Morgan fingerprint density at radius 2 is 0.930 bits per heavy atom. The molecule has 0 aliphatic heterocycles. The highest BCUT2D eigenvalue weighted by molar-refractivity contribution is 5.69. The molecule has 4 heteroatoms. The highest BCUT2D eigenvalue weighted by Gasteiger charge is 2.14. The fourth-order valence-electron chi connectivity index (χ4n) is 5.63. The number of carbonyl (C=O) groups excluding carboxylic acids is 1. The molecule has 252 valence electrons. The smallest absolute Gasteiger partial charge is 0.306 e. The van der Waals surface area contributed by atoms with Crippen LogP contribution < -0.4 is 0 Å². The number of allylic oxidation sites excluding steroid dienone is 4. The number of unbranched alkanes of at least 4 members (excludes halogenated alkanes) is 21. The number of carbonyl (C=O) groups is 2. The third-order valence-corrected chi connectivity index (χ3v) is 8.43. The molecule has 4 nitrogen and oxygen atoms in total. The minimum absolute atomic E-state index is 0.0185. The molecule has 0 saturated carbocycles. The van der Waals surface area contributed by atoms with E-state index in [9.17, 15) is 9.59 Å². The molecule has 1 unspecified atom stereocenters. The van der Waals surface area contributed by atoms with Crippen molar-refractivity contribution in [3.8, 4) is 0 Å². The van der Waals surface area contributed by atoms with Crippen LogP contribution in [-0.2, 0) is 14.3 Å². The molecule has 0 fully saturated rings. The topological polar surface area (TPSA) is 63.6 Å². The maximum Gasteiger partial charge on any atom is 0.306 e. The van der Waals surface area contributed by atoms with Crippen molar-refractivity contribution in [3.63, 3.8) is 0 Å². The molecule has 0 spiro atoms. The first kappa shape index (κ1) is 41.4. The van der Waals surface area contributed by atoms with Crippen molar-refractivity contribution in [1.82, 2.24) is 0 Å². The fraction of sp³-hybridized carbons (Fsp3) is 0.846. The molecular formula is C39H72O4. The van der Waals surface area contributed by atoms with Crippen molar-refractivity contribution >= 4 is 11.9 Å². The second-order valence-electron chi connectivity index (χ2n) is 12.8. The van der Waals surface area contributed by atoms with Gasteiger partial charge in [0, 0.05) is 12.8 Å². The van der Waals surface area contributed by atoms with Crippen LogP contribution in [0.5, 0.6) is 0 Å². The summed E-state index contributed by atoms with van der Waals surface area (Å²) >= 11 is 0. The summed E-state index contributed by atoms with van der Waals surface area (Å²) < 4.78 is 5.96. The second-order valence-corrected chi connectivity index (χ2v) is 12.8. The summed E-state index contributed by atoms with van der Waals surface area (Å²) in [5.41, 5.74) is 0. The Kier molecular flexibility index (Phi) is 33.6. The lowest BCUT2D eigenvalue weighted by atomic mass is 10.0. The lowest BCUT2D eigenvalue weighted by Crippen LogP contribution is -2.18. The van der Waals surface area contributed by atoms with Gasteiger partial charge in [0.05, 0.1) is 0 Å². The molecule has 1 N–H and O–H groups in total. The van der Waals surface area contributed by atoms with E-state index in [1.54, 1.807) is 0 Å². The van der Waals surface area contributed by atoms with Crippen molar-refractivity contribution in [2.45, 2.75) is 213 Å². The van der Waals surface area contributed by atoms with Gasteiger partial charge in [-0.2, -0.15) is 0 Å². The summed E-state index contributed by atoms with van der Waals surface area (Å²) in [6.45, 7) is 4.52. The number of carboxylic acids is 1. The zero-order valence-corrected chi connectivity index (χ0v) is 28.8. The van der Waals surface area contributed by atoms with E-state index >= 15 is 0 Å². The van der Waals surface area contributed by atoms with Gasteiger partial charge in [-0.3, -0.25) is 9.59 Å². The molecule has 1 atom stereocenters. The molecule has 0 aromatic heterocycles. The molecule has 0 radical (unpaired) electrons. The first-order valence-electron chi connectivity index (χ1n) is 18.8. The molecule has 43 heavy (non-hydrogen) atoms. The average Bonchev–Trinajstić information content (AvgIpc) is 2.99. The Balaban J connectivity index is 4.08. The van der Waals surface area contributed by atoms with Gasteiger partial charge >= 0.3 is 11.9 Å². The quantitative estimate of drug-likeness (QED) is 0.0451. The van der Waals surface area contributed by atoms with E-state index in [0.29, 0.717) is 6.42 Å². The van der Waals surface area contributed by atoms with Crippen LogP contribution >= 0.6 is 0 Å². The third-order valence-electron chi connectivity index (χ3n) is 8.43. The van der Waals surface area contributed by atoms with Crippen molar-refractivity contribution in [3.05, 3.63) is 24.3 Å². The highest BCUT2D eigenvalue weighted by Crippen LogP contribution is 2.18. The maximum absolute atomic E-state index is 12.6. The van der Waals surface area contributed by atoms with Crippen LogP contribution in [0.25, 0.3) is 0 Å². The predicted molar refractivity (Wildman–Crippen MR) is 186 cm³/mol. The molecule has 0 aliphatic carbocycles. The normalized spacial score (nSPS) is 12.4. The van der Waals surface area contributed by atoms with Crippen LogP contribution in [0.4, 0.5) is 0 Å². The Bertz CT molecular complexity index is 654. The summed E-state index contributed by atoms with van der Waals surface area (Å²) in [7, 11) is 0. The number of aliphatic carboxylic acids is 1. The molecule has 0 heterocycles. The zero-order chi connectivity index (χ0) is 31.5. The van der Waals surface area contributed by atoms with Crippen molar-refractivity contribution in [2.24, 2.45) is 0 Å². The van der Waals surface area contributed by atoms with Crippen LogP contribution in [0.2, 0.25) is 0 Å². The van der Waals surface area contributed by atoms with Crippen molar-refractivity contribution in [1.29, 1.82) is 0 Å². The fourth-order valence-corrected chi connectivity index (χ4v) is 5.63. The number of hydrogen-bond acceptors (Lipinski definition) is 3. The van der Waals surface area contributed by atoms with Crippen LogP contribution in [0.1, 0.15) is 206 Å². The molecule has 0 bridgehead atoms. The number of ether oxygens (including phenoxy) is 1. The van der Waals surface area contributed by atoms with Crippen LogP contribution in [0, 0.1) is 0 Å². The lowest BCUT2D eigenvalue weighted by molar-refractivity contribution is -0.150. The van der Waals surface area contributed by atoms with Gasteiger partial charge < -0.3 is 9.84 Å². The Morgan fingerprint density at radius 1 is 0.512 bits per heavy atom. The average molecular weight is 605 g/mol. The second kappa shape index (κ2) is 34.9. The Labute approximate surface area is 267 Å².